The molecular formula is C13H20N2O3S. The second-order valence-corrected chi connectivity index (χ2v) is 5.82. The number of carboxylic acid groups (broad SMARTS) is 1. The van der Waals surface area contributed by atoms with Crippen LogP contribution >= 0.6 is 11.3 Å². The van der Waals surface area contributed by atoms with Crippen molar-refractivity contribution in [2.24, 2.45) is 5.92 Å². The van der Waals surface area contributed by atoms with Gasteiger partial charge in [-0.15, -0.1) is 11.3 Å². The summed E-state index contributed by atoms with van der Waals surface area (Å²) in [7, 11) is 1.67. The van der Waals surface area contributed by atoms with Gasteiger partial charge in [0.25, 0.3) is 0 Å². The Morgan fingerprint density at radius 1 is 1.47 bits per heavy atom. The smallest absolute Gasteiger partial charge is 0.331 e. The molecule has 0 aliphatic rings. The summed E-state index contributed by atoms with van der Waals surface area (Å²) < 4.78 is 0. The number of hydrogen-bond acceptors (Lipinski definition) is 3. The molecule has 2 N–H and O–H groups in total. The Morgan fingerprint density at radius 2 is 2.16 bits per heavy atom. The van der Waals surface area contributed by atoms with Gasteiger partial charge in [-0.1, -0.05) is 19.9 Å². The first kappa shape index (κ1) is 15.5. The zero-order valence-electron chi connectivity index (χ0n) is 11.4. The number of hydrogen-bond donors (Lipinski definition) is 2. The van der Waals surface area contributed by atoms with E-state index in [1.165, 1.54) is 16.2 Å². The highest BCUT2D eigenvalue weighted by atomic mass is 32.1. The van der Waals surface area contributed by atoms with E-state index in [1.807, 2.05) is 0 Å². The first-order chi connectivity index (χ1) is 8.91. The van der Waals surface area contributed by atoms with E-state index in [9.17, 15) is 9.59 Å². The number of carbonyl (C=O) groups is 2. The second-order valence-electron chi connectivity index (χ2n) is 4.84. The van der Waals surface area contributed by atoms with Crippen molar-refractivity contribution in [3.63, 3.8) is 0 Å². The predicted octanol–water partition coefficient (Wildman–Crippen LogP) is 2.56. The normalized spacial score (nSPS) is 12.2. The average Bonchev–Trinajstić information content (AvgIpc) is 2.85. The maximum Gasteiger partial charge on any atom is 0.331 e. The molecule has 0 saturated heterocycles. The highest BCUT2D eigenvalue weighted by Gasteiger charge is 2.24. The van der Waals surface area contributed by atoms with Crippen LogP contribution in [0.3, 0.4) is 0 Å². The Kier molecular flexibility index (Phi) is 5.82. The molecule has 1 aromatic rings. The van der Waals surface area contributed by atoms with Crippen LogP contribution in [0.4, 0.5) is 4.79 Å². The van der Waals surface area contributed by atoms with Crippen molar-refractivity contribution in [1.29, 1.82) is 0 Å². The van der Waals surface area contributed by atoms with Crippen molar-refractivity contribution in [2.45, 2.75) is 26.3 Å². The molecule has 2 amide bonds. The van der Waals surface area contributed by atoms with Crippen LogP contribution in [0.2, 0.25) is 0 Å². The summed E-state index contributed by atoms with van der Waals surface area (Å²) >= 11 is 1.32. The molecule has 1 aromatic heterocycles. The summed E-state index contributed by atoms with van der Waals surface area (Å²) in [6.45, 7) is 4.77. The molecule has 0 spiro atoms. The van der Waals surface area contributed by atoms with E-state index in [1.54, 1.807) is 24.6 Å². The van der Waals surface area contributed by atoms with Crippen LogP contribution in [0, 0.1) is 5.92 Å². The number of rotatable bonds is 6. The van der Waals surface area contributed by atoms with Crippen molar-refractivity contribution < 1.29 is 14.7 Å². The summed E-state index contributed by atoms with van der Waals surface area (Å²) in [5, 5.41) is 13.5. The van der Waals surface area contributed by atoms with Crippen LogP contribution in [0.15, 0.2) is 17.5 Å². The Labute approximate surface area is 117 Å². The zero-order chi connectivity index (χ0) is 14.4. The fourth-order valence-electron chi connectivity index (χ4n) is 1.50. The molecule has 0 aliphatic heterocycles. The molecule has 1 atom stereocenters. The lowest BCUT2D eigenvalue weighted by molar-refractivity contribution is -0.139. The van der Waals surface area contributed by atoms with E-state index in [0.717, 1.165) is 6.42 Å². The number of aliphatic carboxylic acids is 1. The number of carboxylic acids is 1. The minimum absolute atomic E-state index is 0.360. The SMILES string of the molecule is CC(C)CCN(C)C(=O)NC(C(=O)O)c1cccs1. The van der Waals surface area contributed by atoms with E-state index in [4.69, 9.17) is 5.11 Å². The first-order valence-electron chi connectivity index (χ1n) is 6.19. The third kappa shape index (κ3) is 4.90. The van der Waals surface area contributed by atoms with Gasteiger partial charge in [-0.25, -0.2) is 9.59 Å². The Bertz CT molecular complexity index is 418. The minimum Gasteiger partial charge on any atom is -0.479 e. The third-order valence-corrected chi connectivity index (χ3v) is 3.67. The lowest BCUT2D eigenvalue weighted by Crippen LogP contribution is -2.42. The standard InChI is InChI=1S/C13H20N2O3S/c1-9(2)6-7-15(3)13(18)14-11(12(16)17)10-5-4-8-19-10/h4-5,8-9,11H,6-7H2,1-3H3,(H,14,18)(H,16,17). The third-order valence-electron chi connectivity index (χ3n) is 2.73. The quantitative estimate of drug-likeness (QED) is 0.843. The molecule has 1 unspecified atom stereocenters. The van der Waals surface area contributed by atoms with Crippen molar-refractivity contribution in [1.82, 2.24) is 10.2 Å². The first-order valence-corrected chi connectivity index (χ1v) is 7.07. The Hall–Kier alpha value is -1.56. The highest BCUT2D eigenvalue weighted by Crippen LogP contribution is 2.19. The summed E-state index contributed by atoms with van der Waals surface area (Å²) in [4.78, 5) is 25.3. The lowest BCUT2D eigenvalue weighted by Gasteiger charge is -2.21. The molecular weight excluding hydrogens is 264 g/mol. The summed E-state index contributed by atoms with van der Waals surface area (Å²) in [6, 6.07) is 2.14. The minimum atomic E-state index is -1.05. The van der Waals surface area contributed by atoms with E-state index in [0.29, 0.717) is 17.3 Å². The molecule has 0 radical (unpaired) electrons. The van der Waals surface area contributed by atoms with Crippen molar-refractivity contribution in [3.8, 4) is 0 Å². The highest BCUT2D eigenvalue weighted by molar-refractivity contribution is 7.10. The van der Waals surface area contributed by atoms with Crippen LogP contribution in [0.1, 0.15) is 31.2 Å². The summed E-state index contributed by atoms with van der Waals surface area (Å²) in [6.07, 6.45) is 0.890. The van der Waals surface area contributed by atoms with Crippen LogP contribution in [0.5, 0.6) is 0 Å². The van der Waals surface area contributed by atoms with Crippen LogP contribution in [0.25, 0.3) is 0 Å². The Balaban J connectivity index is 2.60. The van der Waals surface area contributed by atoms with Gasteiger partial charge in [0.2, 0.25) is 0 Å². The molecule has 0 aromatic carbocycles. The molecule has 0 bridgehead atoms. The predicted molar refractivity (Wildman–Crippen MR) is 75.3 cm³/mol. The maximum atomic E-state index is 11.9. The van der Waals surface area contributed by atoms with Gasteiger partial charge in [-0.05, 0) is 23.8 Å². The van der Waals surface area contributed by atoms with Crippen molar-refractivity contribution in [3.05, 3.63) is 22.4 Å². The summed E-state index contributed by atoms with van der Waals surface area (Å²) in [5.41, 5.74) is 0. The van der Waals surface area contributed by atoms with E-state index < -0.39 is 12.0 Å². The lowest BCUT2D eigenvalue weighted by atomic mass is 10.1. The van der Waals surface area contributed by atoms with Gasteiger partial charge >= 0.3 is 12.0 Å². The van der Waals surface area contributed by atoms with Crippen LogP contribution < -0.4 is 5.32 Å². The maximum absolute atomic E-state index is 11.9. The molecule has 1 heterocycles. The number of nitrogens with zero attached hydrogens (tertiary/aromatic N) is 1. The van der Waals surface area contributed by atoms with Gasteiger partial charge in [0.05, 0.1) is 0 Å². The Morgan fingerprint density at radius 3 is 2.63 bits per heavy atom. The number of nitrogens with one attached hydrogen (secondary N) is 1. The van der Waals surface area contributed by atoms with Gasteiger partial charge < -0.3 is 15.3 Å². The van der Waals surface area contributed by atoms with E-state index in [2.05, 4.69) is 19.2 Å². The number of amides is 2. The van der Waals surface area contributed by atoms with Crippen LogP contribution in [-0.2, 0) is 4.79 Å². The number of carbonyl (C=O) groups excluding carboxylic acids is 1. The fraction of sp³-hybridized carbons (Fsp3) is 0.538. The van der Waals surface area contributed by atoms with Crippen molar-refractivity contribution >= 4 is 23.3 Å². The molecule has 0 fully saturated rings. The molecule has 0 aliphatic carbocycles. The van der Waals surface area contributed by atoms with Gasteiger partial charge in [0, 0.05) is 18.5 Å². The summed E-state index contributed by atoms with van der Waals surface area (Å²) in [5.74, 6) is -0.545. The second kappa shape index (κ2) is 7.13. The monoisotopic (exact) mass is 284 g/mol. The zero-order valence-corrected chi connectivity index (χ0v) is 12.2. The fourth-order valence-corrected chi connectivity index (χ4v) is 2.26. The number of thiophene rings is 1. The largest absolute Gasteiger partial charge is 0.479 e. The van der Waals surface area contributed by atoms with Gasteiger partial charge in [-0.3, -0.25) is 0 Å². The topological polar surface area (TPSA) is 69.6 Å². The average molecular weight is 284 g/mol. The van der Waals surface area contributed by atoms with E-state index >= 15 is 0 Å². The molecule has 0 saturated carbocycles. The number of urea groups is 1. The molecule has 1 rings (SSSR count). The van der Waals surface area contributed by atoms with E-state index in [-0.39, 0.29) is 6.03 Å². The van der Waals surface area contributed by atoms with Gasteiger partial charge in [-0.2, -0.15) is 0 Å². The van der Waals surface area contributed by atoms with Crippen LogP contribution in [-0.4, -0.2) is 35.6 Å². The molecule has 19 heavy (non-hydrogen) atoms. The molecule has 5 nitrogen and oxygen atoms in total. The van der Waals surface area contributed by atoms with Crippen molar-refractivity contribution in [2.75, 3.05) is 13.6 Å². The molecule has 6 heteroatoms. The van der Waals surface area contributed by atoms with Gasteiger partial charge in [0.15, 0.2) is 6.04 Å². The van der Waals surface area contributed by atoms with Gasteiger partial charge in [0.1, 0.15) is 0 Å². The molecule has 106 valence electrons.